The van der Waals surface area contributed by atoms with Gasteiger partial charge in [-0.2, -0.15) is 0 Å². The average molecular weight is 181 g/mol. The van der Waals surface area contributed by atoms with Gasteiger partial charge in [0.05, 0.1) is 13.1 Å². The molecule has 0 aromatic heterocycles. The summed E-state index contributed by atoms with van der Waals surface area (Å²) in [5.74, 6) is -5.48. The molecule has 1 aliphatic rings. The summed E-state index contributed by atoms with van der Waals surface area (Å²) in [6.45, 7) is -1.28. The standard InChI is InChI=1S/C5H11NO6/c7-3(8)6-1-4(9,10)5(11,12)2-6/h3,7-12H,1-2H2. The zero-order chi connectivity index (χ0) is 9.57. The number of likely N-dealkylation sites (tertiary alicyclic amines) is 1. The van der Waals surface area contributed by atoms with Gasteiger partial charge in [-0.15, -0.1) is 0 Å². The summed E-state index contributed by atoms with van der Waals surface area (Å²) in [4.78, 5) is 0.694. The Kier molecular flexibility index (Phi) is 2.13. The minimum atomic E-state index is -2.74. The molecule has 7 heteroatoms. The summed E-state index contributed by atoms with van der Waals surface area (Å²) < 4.78 is 0. The second kappa shape index (κ2) is 2.60. The van der Waals surface area contributed by atoms with Gasteiger partial charge in [0.15, 0.2) is 0 Å². The van der Waals surface area contributed by atoms with E-state index >= 15 is 0 Å². The second-order valence-corrected chi connectivity index (χ2v) is 2.88. The lowest BCUT2D eigenvalue weighted by Crippen LogP contribution is -2.53. The van der Waals surface area contributed by atoms with Gasteiger partial charge in [-0.25, -0.2) is 4.90 Å². The molecule has 1 rings (SSSR count). The predicted octanol–water partition coefficient (Wildman–Crippen LogP) is -4.07. The smallest absolute Gasteiger partial charge is 0.233 e. The lowest BCUT2D eigenvalue weighted by Gasteiger charge is -2.25. The molecule has 0 aromatic carbocycles. The lowest BCUT2D eigenvalue weighted by molar-refractivity contribution is -0.328. The Morgan fingerprint density at radius 3 is 1.42 bits per heavy atom. The first-order valence-electron chi connectivity index (χ1n) is 3.26. The molecule has 1 heterocycles. The van der Waals surface area contributed by atoms with Crippen LogP contribution < -0.4 is 0 Å². The topological polar surface area (TPSA) is 125 Å². The number of aliphatic hydroxyl groups is 6. The highest BCUT2D eigenvalue weighted by Crippen LogP contribution is 2.27. The monoisotopic (exact) mass is 181 g/mol. The third kappa shape index (κ3) is 1.43. The Morgan fingerprint density at radius 1 is 0.917 bits per heavy atom. The highest BCUT2D eigenvalue weighted by molar-refractivity contribution is 4.94. The normalized spacial score (nSPS) is 28.2. The Bertz CT molecular complexity index is 163. The number of nitrogens with zero attached hydrogens (tertiary/aromatic N) is 1. The quantitative estimate of drug-likeness (QED) is 0.227. The Morgan fingerprint density at radius 2 is 1.25 bits per heavy atom. The molecule has 0 saturated carbocycles. The van der Waals surface area contributed by atoms with Crippen molar-refractivity contribution in [1.82, 2.24) is 4.90 Å². The van der Waals surface area contributed by atoms with Gasteiger partial charge in [0.25, 0.3) is 0 Å². The highest BCUT2D eigenvalue weighted by Gasteiger charge is 2.56. The predicted molar refractivity (Wildman–Crippen MR) is 34.1 cm³/mol. The molecule has 0 amide bonds. The molecule has 0 bridgehead atoms. The summed E-state index contributed by atoms with van der Waals surface area (Å²) >= 11 is 0. The van der Waals surface area contributed by atoms with E-state index in [-0.39, 0.29) is 0 Å². The molecule has 0 spiro atoms. The third-order valence-corrected chi connectivity index (χ3v) is 1.81. The minimum Gasteiger partial charge on any atom is -0.360 e. The van der Waals surface area contributed by atoms with Crippen LogP contribution in [0.3, 0.4) is 0 Å². The fourth-order valence-corrected chi connectivity index (χ4v) is 1.04. The molecular formula is C5H11NO6. The molecule has 7 nitrogen and oxygen atoms in total. The van der Waals surface area contributed by atoms with Crippen molar-refractivity contribution in [2.45, 2.75) is 18.0 Å². The fourth-order valence-electron chi connectivity index (χ4n) is 1.04. The first kappa shape index (κ1) is 9.81. The first-order valence-corrected chi connectivity index (χ1v) is 3.26. The van der Waals surface area contributed by atoms with Gasteiger partial charge < -0.3 is 30.6 Å². The molecule has 0 aromatic rings. The number of rotatable bonds is 1. The SMILES string of the molecule is OC(O)N1CC(O)(O)C(O)(O)C1. The maximum atomic E-state index is 8.93. The maximum Gasteiger partial charge on any atom is 0.233 e. The number of hydrogen-bond donors (Lipinski definition) is 6. The molecule has 6 N–H and O–H groups in total. The molecule has 0 atom stereocenters. The van der Waals surface area contributed by atoms with Gasteiger partial charge in [-0.1, -0.05) is 0 Å². The van der Waals surface area contributed by atoms with Crippen LogP contribution in [0.15, 0.2) is 0 Å². The molecule has 72 valence electrons. The van der Waals surface area contributed by atoms with Crippen LogP contribution in [0.4, 0.5) is 0 Å². The van der Waals surface area contributed by atoms with Crippen LogP contribution in [0.1, 0.15) is 0 Å². The van der Waals surface area contributed by atoms with Crippen molar-refractivity contribution in [3.63, 3.8) is 0 Å². The van der Waals surface area contributed by atoms with E-state index in [4.69, 9.17) is 30.6 Å². The molecule has 12 heavy (non-hydrogen) atoms. The van der Waals surface area contributed by atoms with Crippen LogP contribution >= 0.6 is 0 Å². The van der Waals surface area contributed by atoms with Crippen molar-refractivity contribution in [1.29, 1.82) is 0 Å². The second-order valence-electron chi connectivity index (χ2n) is 2.88. The van der Waals surface area contributed by atoms with Crippen LogP contribution in [0.2, 0.25) is 0 Å². The van der Waals surface area contributed by atoms with E-state index < -0.39 is 31.1 Å². The molecule has 0 radical (unpaired) electrons. The van der Waals surface area contributed by atoms with E-state index in [1.165, 1.54) is 0 Å². The van der Waals surface area contributed by atoms with E-state index in [1.807, 2.05) is 0 Å². The summed E-state index contributed by atoms with van der Waals surface area (Å²) in [7, 11) is 0. The third-order valence-electron chi connectivity index (χ3n) is 1.81. The van der Waals surface area contributed by atoms with Gasteiger partial charge in [0, 0.05) is 0 Å². The van der Waals surface area contributed by atoms with Crippen LogP contribution in [-0.4, -0.2) is 66.6 Å². The van der Waals surface area contributed by atoms with E-state index in [2.05, 4.69) is 0 Å². The van der Waals surface area contributed by atoms with E-state index in [1.54, 1.807) is 0 Å². The van der Waals surface area contributed by atoms with Gasteiger partial charge >= 0.3 is 0 Å². The summed E-state index contributed by atoms with van der Waals surface area (Å²) in [5.41, 5.74) is 0. The van der Waals surface area contributed by atoms with E-state index in [9.17, 15) is 0 Å². The van der Waals surface area contributed by atoms with Gasteiger partial charge in [-0.3, -0.25) is 0 Å². The van der Waals surface area contributed by atoms with Gasteiger partial charge in [0.1, 0.15) is 0 Å². The van der Waals surface area contributed by atoms with Crippen molar-refractivity contribution in [2.24, 2.45) is 0 Å². The van der Waals surface area contributed by atoms with Crippen molar-refractivity contribution >= 4 is 0 Å². The molecule has 0 unspecified atom stereocenters. The Hall–Kier alpha value is -0.280. The molecule has 0 aliphatic carbocycles. The van der Waals surface area contributed by atoms with Crippen molar-refractivity contribution < 1.29 is 30.6 Å². The fraction of sp³-hybridized carbons (Fsp3) is 1.00. The number of aliphatic hydroxyl groups excluding tert-OH is 1. The van der Waals surface area contributed by atoms with E-state index in [0.29, 0.717) is 4.90 Å². The van der Waals surface area contributed by atoms with Crippen molar-refractivity contribution in [3.8, 4) is 0 Å². The zero-order valence-corrected chi connectivity index (χ0v) is 6.12. The minimum absolute atomic E-state index is 0.641. The summed E-state index contributed by atoms with van der Waals surface area (Å²) in [6.07, 6.45) is -1.94. The molecule has 1 aliphatic heterocycles. The highest BCUT2D eigenvalue weighted by atomic mass is 16.6. The van der Waals surface area contributed by atoms with E-state index in [0.717, 1.165) is 0 Å². The number of hydrogen-bond acceptors (Lipinski definition) is 7. The molecular weight excluding hydrogens is 170 g/mol. The van der Waals surface area contributed by atoms with Crippen LogP contribution in [0.25, 0.3) is 0 Å². The molecule has 1 fully saturated rings. The summed E-state index contributed by atoms with van der Waals surface area (Å²) in [5, 5.41) is 52.8. The van der Waals surface area contributed by atoms with Gasteiger partial charge in [0.2, 0.25) is 18.0 Å². The van der Waals surface area contributed by atoms with Crippen LogP contribution in [0.5, 0.6) is 0 Å². The lowest BCUT2D eigenvalue weighted by atomic mass is 10.1. The number of β-amino-alcohol motifs (C(OH)–C–C–N with tert-alkyl or cyclic N) is 4. The first-order chi connectivity index (χ1) is 5.26. The largest absolute Gasteiger partial charge is 0.360 e. The maximum absolute atomic E-state index is 8.93. The van der Waals surface area contributed by atoms with Crippen molar-refractivity contribution in [3.05, 3.63) is 0 Å². The zero-order valence-electron chi connectivity index (χ0n) is 6.12. The van der Waals surface area contributed by atoms with Crippen molar-refractivity contribution in [2.75, 3.05) is 13.1 Å². The Labute approximate surface area is 67.7 Å². The average Bonchev–Trinajstić information content (AvgIpc) is 2.03. The van der Waals surface area contributed by atoms with Crippen LogP contribution in [-0.2, 0) is 0 Å². The Balaban J connectivity index is 2.74. The van der Waals surface area contributed by atoms with Crippen LogP contribution in [0, 0.1) is 0 Å². The molecule has 1 saturated heterocycles. The summed E-state index contributed by atoms with van der Waals surface area (Å²) in [6, 6.07) is 0. The van der Waals surface area contributed by atoms with Gasteiger partial charge in [-0.05, 0) is 0 Å².